The van der Waals surface area contributed by atoms with E-state index < -0.39 is 5.54 Å². The van der Waals surface area contributed by atoms with E-state index in [1.54, 1.807) is 6.20 Å². The van der Waals surface area contributed by atoms with Gasteiger partial charge in [0.1, 0.15) is 0 Å². The summed E-state index contributed by atoms with van der Waals surface area (Å²) in [6, 6.07) is 4.01. The monoisotopic (exact) mass is 332 g/mol. The molecule has 0 aliphatic carbocycles. The minimum atomic E-state index is -0.616. The summed E-state index contributed by atoms with van der Waals surface area (Å²) >= 11 is 0. The van der Waals surface area contributed by atoms with Crippen molar-refractivity contribution in [1.29, 1.82) is 0 Å². The van der Waals surface area contributed by atoms with Gasteiger partial charge in [-0.15, -0.1) is 0 Å². The van der Waals surface area contributed by atoms with Crippen LogP contribution in [0.3, 0.4) is 0 Å². The summed E-state index contributed by atoms with van der Waals surface area (Å²) < 4.78 is 7.49. The highest BCUT2D eigenvalue weighted by molar-refractivity contribution is 6.04. The van der Waals surface area contributed by atoms with Crippen molar-refractivity contribution < 1.29 is 14.6 Å². The Kier molecular flexibility index (Phi) is 4.58. The van der Waals surface area contributed by atoms with Crippen molar-refractivity contribution in [3.05, 3.63) is 30.2 Å². The molecular weight excluding hydrogens is 308 g/mol. The number of hydrogen-bond donors (Lipinski definition) is 2. The summed E-state index contributed by atoms with van der Waals surface area (Å²) in [4.78, 5) is 19.0. The molecule has 0 unspecified atom stereocenters. The largest absolute Gasteiger partial charge is 0.394 e. The molecular formula is C17H24N4O3. The minimum absolute atomic E-state index is 0.0874. The van der Waals surface area contributed by atoms with Crippen LogP contribution < -0.4 is 5.32 Å². The molecule has 0 bridgehead atoms. The van der Waals surface area contributed by atoms with E-state index in [0.717, 1.165) is 10.9 Å². The average molecular weight is 332 g/mol. The molecule has 1 fully saturated rings. The maximum Gasteiger partial charge on any atom is 0.272 e. The van der Waals surface area contributed by atoms with Crippen molar-refractivity contribution in [2.24, 2.45) is 7.05 Å². The van der Waals surface area contributed by atoms with Crippen LogP contribution in [0, 0.1) is 0 Å². The fraction of sp³-hybridized carbons (Fsp3) is 0.529. The van der Waals surface area contributed by atoms with Crippen LogP contribution in [0.25, 0.3) is 10.9 Å². The molecule has 2 N–H and O–H groups in total. The smallest absolute Gasteiger partial charge is 0.272 e. The van der Waals surface area contributed by atoms with Gasteiger partial charge in [-0.05, 0) is 26.1 Å². The maximum atomic E-state index is 12.7. The van der Waals surface area contributed by atoms with Gasteiger partial charge >= 0.3 is 0 Å². The molecule has 0 saturated carbocycles. The number of hydrogen-bond acceptors (Lipinski definition) is 5. The van der Waals surface area contributed by atoms with Gasteiger partial charge < -0.3 is 19.7 Å². The van der Waals surface area contributed by atoms with E-state index in [0.29, 0.717) is 25.5 Å². The molecule has 7 heteroatoms. The lowest BCUT2D eigenvalue weighted by Gasteiger charge is -2.47. The Balaban J connectivity index is 1.80. The molecule has 3 heterocycles. The predicted octanol–water partition coefficient (Wildman–Crippen LogP) is 0.385. The maximum absolute atomic E-state index is 12.7. The fourth-order valence-corrected chi connectivity index (χ4v) is 3.22. The molecule has 1 saturated heterocycles. The molecule has 0 radical (unpaired) electrons. The van der Waals surface area contributed by atoms with Crippen LogP contribution in [0.15, 0.2) is 24.5 Å². The van der Waals surface area contributed by atoms with Gasteiger partial charge in [0.05, 0.1) is 30.9 Å². The molecule has 2 atom stereocenters. The summed E-state index contributed by atoms with van der Waals surface area (Å²) in [5.74, 6) is -0.248. The van der Waals surface area contributed by atoms with Crippen LogP contribution in [0.4, 0.5) is 0 Å². The zero-order chi connectivity index (χ0) is 17.3. The van der Waals surface area contributed by atoms with E-state index >= 15 is 0 Å². The number of aryl methyl sites for hydroxylation is 1. The summed E-state index contributed by atoms with van der Waals surface area (Å²) in [6.45, 7) is 3.25. The molecule has 130 valence electrons. The molecule has 7 nitrogen and oxygen atoms in total. The Morgan fingerprint density at radius 1 is 1.50 bits per heavy atom. The van der Waals surface area contributed by atoms with Crippen molar-refractivity contribution >= 4 is 16.8 Å². The number of ether oxygens (including phenoxy) is 1. The van der Waals surface area contributed by atoms with Gasteiger partial charge in [-0.3, -0.25) is 9.69 Å². The highest BCUT2D eigenvalue weighted by Crippen LogP contribution is 2.22. The first-order valence-electron chi connectivity index (χ1n) is 8.08. The first-order valence-corrected chi connectivity index (χ1v) is 8.08. The second-order valence-electron chi connectivity index (χ2n) is 6.56. The van der Waals surface area contributed by atoms with E-state index in [4.69, 9.17) is 4.74 Å². The third kappa shape index (κ3) is 2.79. The lowest BCUT2D eigenvalue weighted by atomic mass is 9.96. The van der Waals surface area contributed by atoms with Gasteiger partial charge in [-0.2, -0.15) is 0 Å². The molecule has 2 aromatic heterocycles. The summed E-state index contributed by atoms with van der Waals surface area (Å²) in [7, 11) is 3.84. The molecule has 2 aromatic rings. The summed E-state index contributed by atoms with van der Waals surface area (Å²) in [5.41, 5.74) is 0.574. The van der Waals surface area contributed by atoms with Gasteiger partial charge in [0.15, 0.2) is 5.69 Å². The summed E-state index contributed by atoms with van der Waals surface area (Å²) in [6.07, 6.45) is 3.54. The number of likely N-dealkylation sites (N-methyl/N-ethyl adjacent to an activating group) is 1. The normalized spacial score (nSPS) is 25.1. The number of pyridine rings is 1. The van der Waals surface area contributed by atoms with Crippen molar-refractivity contribution in [2.75, 3.05) is 33.4 Å². The number of fused-ring (bicyclic) bond motifs is 1. The molecule has 3 rings (SSSR count). The van der Waals surface area contributed by atoms with Gasteiger partial charge in [0, 0.05) is 37.4 Å². The number of amides is 1. The van der Waals surface area contributed by atoms with Crippen molar-refractivity contribution in [3.63, 3.8) is 0 Å². The standard InChI is InChI=1S/C17H24N4O3/c1-12-8-24-11-17(10-22,21(12)3)9-19-16(23)14-15-13(4-6-18-14)5-7-20(15)2/h4-7,12,22H,8-11H2,1-3H3,(H,19,23)/t12-,17+/m1/s1. The first-order chi connectivity index (χ1) is 11.5. The van der Waals surface area contributed by atoms with Crippen molar-refractivity contribution in [2.45, 2.75) is 18.5 Å². The van der Waals surface area contributed by atoms with Gasteiger partial charge in [0.25, 0.3) is 5.91 Å². The Labute approximate surface area is 141 Å². The second kappa shape index (κ2) is 6.51. The highest BCUT2D eigenvalue weighted by Gasteiger charge is 2.40. The number of nitrogens with one attached hydrogen (secondary N) is 1. The average Bonchev–Trinajstić information content (AvgIpc) is 2.98. The fourth-order valence-electron chi connectivity index (χ4n) is 3.22. The Bertz CT molecular complexity index is 745. The molecule has 1 amide bonds. The number of carbonyl (C=O) groups is 1. The third-order valence-electron chi connectivity index (χ3n) is 5.01. The van der Waals surface area contributed by atoms with E-state index in [1.807, 2.05) is 43.9 Å². The number of morpholine rings is 1. The lowest BCUT2D eigenvalue weighted by Crippen LogP contribution is -2.65. The van der Waals surface area contributed by atoms with Crippen LogP contribution in [-0.2, 0) is 11.8 Å². The van der Waals surface area contributed by atoms with Crippen molar-refractivity contribution in [3.8, 4) is 0 Å². The molecule has 0 aromatic carbocycles. The van der Waals surface area contributed by atoms with Gasteiger partial charge in [0.2, 0.25) is 0 Å². The number of aromatic nitrogens is 2. The zero-order valence-corrected chi connectivity index (χ0v) is 14.3. The van der Waals surface area contributed by atoms with E-state index in [9.17, 15) is 9.90 Å². The topological polar surface area (TPSA) is 79.6 Å². The van der Waals surface area contributed by atoms with E-state index in [1.165, 1.54) is 0 Å². The second-order valence-corrected chi connectivity index (χ2v) is 6.56. The van der Waals surface area contributed by atoms with Crippen molar-refractivity contribution in [1.82, 2.24) is 19.8 Å². The number of nitrogens with zero attached hydrogens (tertiary/aromatic N) is 3. The highest BCUT2D eigenvalue weighted by atomic mass is 16.5. The third-order valence-corrected chi connectivity index (χ3v) is 5.01. The van der Waals surface area contributed by atoms with Crippen LogP contribution in [0.5, 0.6) is 0 Å². The van der Waals surface area contributed by atoms with E-state index in [2.05, 4.69) is 15.2 Å². The quantitative estimate of drug-likeness (QED) is 0.846. The number of rotatable bonds is 4. The van der Waals surface area contributed by atoms with Gasteiger partial charge in [-0.1, -0.05) is 0 Å². The predicted molar refractivity (Wildman–Crippen MR) is 90.9 cm³/mol. The number of aliphatic hydroxyl groups is 1. The Hall–Kier alpha value is -1.96. The van der Waals surface area contributed by atoms with Crippen LogP contribution in [-0.4, -0.2) is 70.5 Å². The van der Waals surface area contributed by atoms with Gasteiger partial charge in [-0.25, -0.2) is 4.98 Å². The van der Waals surface area contributed by atoms with Crippen LogP contribution in [0.1, 0.15) is 17.4 Å². The molecule has 0 spiro atoms. The summed E-state index contributed by atoms with van der Waals surface area (Å²) in [5, 5.41) is 13.8. The Morgan fingerprint density at radius 3 is 3.04 bits per heavy atom. The van der Waals surface area contributed by atoms with E-state index in [-0.39, 0.29) is 18.6 Å². The number of carbonyl (C=O) groups excluding carboxylic acids is 1. The molecule has 1 aliphatic heterocycles. The molecule has 1 aliphatic rings. The molecule has 24 heavy (non-hydrogen) atoms. The van der Waals surface area contributed by atoms with Crippen LogP contribution >= 0.6 is 0 Å². The SMILES string of the molecule is C[C@@H]1COC[C@@](CO)(CNC(=O)c2nccc3ccn(C)c23)N1C. The Morgan fingerprint density at radius 2 is 2.29 bits per heavy atom. The van der Waals surface area contributed by atoms with Crippen LogP contribution in [0.2, 0.25) is 0 Å². The minimum Gasteiger partial charge on any atom is -0.394 e. The number of aliphatic hydroxyl groups excluding tert-OH is 1. The zero-order valence-electron chi connectivity index (χ0n) is 14.3. The first kappa shape index (κ1) is 16.9. The lowest BCUT2D eigenvalue weighted by molar-refractivity contribution is -0.105.